The highest BCUT2D eigenvalue weighted by atomic mass is 32.1. The van der Waals surface area contributed by atoms with Gasteiger partial charge >= 0.3 is 0 Å². The van der Waals surface area contributed by atoms with E-state index in [4.69, 9.17) is 0 Å². The first kappa shape index (κ1) is 18.8. The molecule has 144 valence electrons. The first-order valence-corrected chi connectivity index (χ1v) is 11.1. The summed E-state index contributed by atoms with van der Waals surface area (Å²) in [6, 6.07) is 13.5. The van der Waals surface area contributed by atoms with E-state index in [1.54, 1.807) is 22.7 Å². The van der Waals surface area contributed by atoms with Crippen LogP contribution in [0.4, 0.5) is 5.69 Å². The number of hydrogen-bond donors (Lipinski definition) is 1. The van der Waals surface area contributed by atoms with Gasteiger partial charge < -0.3 is 10.2 Å². The molecule has 4 rings (SSSR count). The molecule has 5 nitrogen and oxygen atoms in total. The molecule has 1 aliphatic rings. The molecule has 2 aromatic heterocycles. The molecule has 3 heterocycles. The number of amides is 2. The van der Waals surface area contributed by atoms with Gasteiger partial charge in [0.05, 0.1) is 22.9 Å². The lowest BCUT2D eigenvalue weighted by Gasteiger charge is -2.32. The smallest absolute Gasteiger partial charge is 0.229 e. The molecule has 1 fully saturated rings. The number of carbonyl (C=O) groups excluding carboxylic acids is 2. The Morgan fingerprint density at radius 3 is 2.79 bits per heavy atom. The quantitative estimate of drug-likeness (QED) is 0.681. The molecule has 1 aromatic carbocycles. The highest BCUT2D eigenvalue weighted by molar-refractivity contribution is 7.20. The number of thiophene rings is 1. The van der Waals surface area contributed by atoms with Crippen LogP contribution in [0.5, 0.6) is 0 Å². The third-order valence-corrected chi connectivity index (χ3v) is 6.73. The molecule has 1 saturated heterocycles. The Morgan fingerprint density at radius 1 is 1.14 bits per heavy atom. The summed E-state index contributed by atoms with van der Waals surface area (Å²) in [7, 11) is 0. The number of rotatable bonds is 5. The van der Waals surface area contributed by atoms with Crippen molar-refractivity contribution in [2.75, 3.05) is 18.4 Å². The van der Waals surface area contributed by atoms with Gasteiger partial charge in [-0.3, -0.25) is 9.59 Å². The van der Waals surface area contributed by atoms with E-state index in [-0.39, 0.29) is 24.2 Å². The molecular formula is C21H21N3O2S2. The van der Waals surface area contributed by atoms with Crippen molar-refractivity contribution in [3.8, 4) is 9.88 Å². The highest BCUT2D eigenvalue weighted by Gasteiger charge is 2.28. The van der Waals surface area contributed by atoms with Crippen LogP contribution in [-0.2, 0) is 16.0 Å². The van der Waals surface area contributed by atoms with Crippen LogP contribution >= 0.6 is 22.7 Å². The zero-order valence-electron chi connectivity index (χ0n) is 15.3. The molecule has 1 aliphatic heterocycles. The predicted octanol–water partition coefficient (Wildman–Crippen LogP) is 4.29. The maximum Gasteiger partial charge on any atom is 0.229 e. The Hall–Kier alpha value is -2.51. The van der Waals surface area contributed by atoms with Crippen molar-refractivity contribution in [1.82, 2.24) is 9.88 Å². The third kappa shape index (κ3) is 4.48. The Balaban J connectivity index is 1.35. The summed E-state index contributed by atoms with van der Waals surface area (Å²) in [5.41, 5.74) is 1.59. The van der Waals surface area contributed by atoms with Crippen molar-refractivity contribution in [2.24, 2.45) is 5.92 Å². The first-order chi connectivity index (χ1) is 13.7. The summed E-state index contributed by atoms with van der Waals surface area (Å²) < 4.78 is 0. The number of aromatic nitrogens is 1. The van der Waals surface area contributed by atoms with Crippen molar-refractivity contribution in [2.45, 2.75) is 19.3 Å². The zero-order chi connectivity index (χ0) is 19.3. The molecule has 0 radical (unpaired) electrons. The molecule has 0 aliphatic carbocycles. The first-order valence-electron chi connectivity index (χ1n) is 9.31. The summed E-state index contributed by atoms with van der Waals surface area (Å²) in [6.45, 7) is 1.18. The predicted molar refractivity (Wildman–Crippen MR) is 114 cm³/mol. The van der Waals surface area contributed by atoms with Crippen LogP contribution in [0, 0.1) is 5.92 Å². The second-order valence-corrected chi connectivity index (χ2v) is 8.64. The normalized spacial score (nSPS) is 16.7. The highest BCUT2D eigenvalue weighted by Crippen LogP contribution is 2.28. The number of thiazole rings is 1. The summed E-state index contributed by atoms with van der Waals surface area (Å²) in [5.74, 6) is -0.146. The van der Waals surface area contributed by atoms with Crippen molar-refractivity contribution >= 4 is 40.2 Å². The minimum atomic E-state index is -0.171. The van der Waals surface area contributed by atoms with Crippen molar-refractivity contribution in [3.05, 3.63) is 58.9 Å². The van der Waals surface area contributed by atoms with E-state index in [9.17, 15) is 9.59 Å². The minimum absolute atomic E-state index is 0.0164. The van der Waals surface area contributed by atoms with Gasteiger partial charge in [0.25, 0.3) is 0 Å². The van der Waals surface area contributed by atoms with Gasteiger partial charge in [0.15, 0.2) is 0 Å². The fraction of sp³-hybridized carbons (Fsp3) is 0.286. The Kier molecular flexibility index (Phi) is 5.83. The Bertz CT molecular complexity index is 938. The monoisotopic (exact) mass is 411 g/mol. The average Bonchev–Trinajstić information content (AvgIpc) is 3.40. The van der Waals surface area contributed by atoms with E-state index < -0.39 is 0 Å². The minimum Gasteiger partial charge on any atom is -0.342 e. The number of hydrogen-bond acceptors (Lipinski definition) is 5. The largest absolute Gasteiger partial charge is 0.342 e. The van der Waals surface area contributed by atoms with Gasteiger partial charge in [-0.15, -0.1) is 22.7 Å². The molecule has 0 saturated carbocycles. The molecule has 3 aromatic rings. The molecule has 0 bridgehead atoms. The Morgan fingerprint density at radius 2 is 2.00 bits per heavy atom. The van der Waals surface area contributed by atoms with Gasteiger partial charge in [-0.2, -0.15) is 0 Å². The molecular weight excluding hydrogens is 390 g/mol. The van der Waals surface area contributed by atoms with E-state index >= 15 is 0 Å². The van der Waals surface area contributed by atoms with Crippen LogP contribution in [-0.4, -0.2) is 34.8 Å². The van der Waals surface area contributed by atoms with Crippen LogP contribution in [0.25, 0.3) is 9.88 Å². The lowest BCUT2D eigenvalue weighted by Crippen LogP contribution is -2.44. The topological polar surface area (TPSA) is 62.3 Å². The number of carbonyl (C=O) groups is 2. The standard InChI is InChI=1S/C21H21N3O2S2/c25-19(12-17-14-28-21(23-17)18-9-5-11-27-18)24-10-4-6-15(13-24)20(26)22-16-7-2-1-3-8-16/h1-3,5,7-9,11,14-15H,4,6,10,12-13H2,(H,22,26). The van der Waals surface area contributed by atoms with Crippen LogP contribution < -0.4 is 5.32 Å². The second-order valence-electron chi connectivity index (χ2n) is 6.83. The molecule has 0 spiro atoms. The zero-order valence-corrected chi connectivity index (χ0v) is 17.0. The lowest BCUT2D eigenvalue weighted by atomic mass is 9.96. The number of benzene rings is 1. The molecule has 28 heavy (non-hydrogen) atoms. The lowest BCUT2D eigenvalue weighted by molar-refractivity contribution is -0.134. The molecule has 1 N–H and O–H groups in total. The van der Waals surface area contributed by atoms with E-state index in [1.807, 2.05) is 58.1 Å². The maximum absolute atomic E-state index is 12.8. The van der Waals surface area contributed by atoms with E-state index in [0.717, 1.165) is 34.1 Å². The van der Waals surface area contributed by atoms with Gasteiger partial charge in [0.1, 0.15) is 5.01 Å². The summed E-state index contributed by atoms with van der Waals surface area (Å²) in [4.78, 5) is 32.9. The van der Waals surface area contributed by atoms with Crippen LogP contribution in [0.2, 0.25) is 0 Å². The van der Waals surface area contributed by atoms with Crippen LogP contribution in [0.15, 0.2) is 53.2 Å². The Labute approximate surface area is 172 Å². The van der Waals surface area contributed by atoms with Crippen LogP contribution in [0.1, 0.15) is 18.5 Å². The number of nitrogens with one attached hydrogen (secondary N) is 1. The third-order valence-electron chi connectivity index (χ3n) is 4.80. The van der Waals surface area contributed by atoms with Gasteiger partial charge in [-0.25, -0.2) is 4.98 Å². The number of likely N-dealkylation sites (tertiary alicyclic amines) is 1. The van der Waals surface area contributed by atoms with Gasteiger partial charge in [-0.05, 0) is 36.4 Å². The number of anilines is 1. The van der Waals surface area contributed by atoms with E-state index in [1.165, 1.54) is 0 Å². The van der Waals surface area contributed by atoms with E-state index in [0.29, 0.717) is 13.1 Å². The molecule has 1 unspecified atom stereocenters. The molecule has 7 heteroatoms. The number of para-hydroxylation sites is 1. The number of nitrogens with zero attached hydrogens (tertiary/aromatic N) is 2. The maximum atomic E-state index is 12.8. The van der Waals surface area contributed by atoms with Gasteiger partial charge in [-0.1, -0.05) is 24.3 Å². The summed E-state index contributed by atoms with van der Waals surface area (Å²) >= 11 is 3.22. The fourth-order valence-electron chi connectivity index (χ4n) is 3.35. The van der Waals surface area contributed by atoms with Gasteiger partial charge in [0, 0.05) is 24.2 Å². The van der Waals surface area contributed by atoms with E-state index in [2.05, 4.69) is 10.3 Å². The van der Waals surface area contributed by atoms with Crippen molar-refractivity contribution in [3.63, 3.8) is 0 Å². The average molecular weight is 412 g/mol. The molecule has 1 atom stereocenters. The summed E-state index contributed by atoms with van der Waals surface area (Å²) in [5, 5.41) is 7.89. The van der Waals surface area contributed by atoms with Gasteiger partial charge in [0.2, 0.25) is 11.8 Å². The fourth-order valence-corrected chi connectivity index (χ4v) is 4.99. The van der Waals surface area contributed by atoms with Crippen LogP contribution in [0.3, 0.4) is 0 Å². The number of piperidine rings is 1. The van der Waals surface area contributed by atoms with Crippen molar-refractivity contribution < 1.29 is 9.59 Å². The second kappa shape index (κ2) is 8.67. The van der Waals surface area contributed by atoms with Crippen molar-refractivity contribution in [1.29, 1.82) is 0 Å². The molecule has 2 amide bonds. The summed E-state index contributed by atoms with van der Waals surface area (Å²) in [6.07, 6.45) is 1.94. The SMILES string of the molecule is O=C(Nc1ccccc1)C1CCCN(C(=O)Cc2csc(-c3cccs3)n2)C1.